The van der Waals surface area contributed by atoms with Gasteiger partial charge in [-0.3, -0.25) is 19.7 Å². The second-order valence-electron chi connectivity index (χ2n) is 7.80. The topological polar surface area (TPSA) is 130 Å². The first-order chi connectivity index (χ1) is 17.7. The van der Waals surface area contributed by atoms with Crippen molar-refractivity contribution >= 4 is 67.3 Å². The summed E-state index contributed by atoms with van der Waals surface area (Å²) >= 11 is 9.49. The highest BCUT2D eigenvalue weighted by molar-refractivity contribution is 9.10. The lowest BCUT2D eigenvalue weighted by Gasteiger charge is -2.09. The van der Waals surface area contributed by atoms with Crippen molar-refractivity contribution < 1.29 is 18.9 Å². The molecular weight excluding hydrogens is 568 g/mol. The number of carbonyl (C=O) groups is 1. The lowest BCUT2D eigenvalue weighted by molar-refractivity contribution is -0.385. The van der Waals surface area contributed by atoms with Crippen LogP contribution in [-0.2, 0) is 4.79 Å². The Morgan fingerprint density at radius 2 is 2.00 bits per heavy atom. The summed E-state index contributed by atoms with van der Waals surface area (Å²) in [5.74, 6) is -0.774. The smallest absolute Gasteiger partial charge is 0.313 e. The monoisotopic (exact) mass is 580 g/mol. The van der Waals surface area contributed by atoms with Crippen molar-refractivity contribution in [1.82, 2.24) is 9.66 Å². The standard InChI is InChI=1S/C25H14BrClN4O6/c1-13(32)36-23-15(9-17(27)11-20(23)31(34)35)12-28-30-24(29-19-5-3-2-4-18(19)25(30)33)22-10-14-8-16(26)6-7-21(14)37-22/h2-12H,1H3. The summed E-state index contributed by atoms with van der Waals surface area (Å²) in [7, 11) is 0. The van der Waals surface area contributed by atoms with Crippen LogP contribution in [0.3, 0.4) is 0 Å². The van der Waals surface area contributed by atoms with Crippen molar-refractivity contribution in [2.45, 2.75) is 6.92 Å². The maximum atomic E-state index is 13.5. The average Bonchev–Trinajstić information content (AvgIpc) is 3.27. The molecule has 5 aromatic rings. The van der Waals surface area contributed by atoms with E-state index in [0.717, 1.165) is 33.7 Å². The molecule has 3 aromatic carbocycles. The van der Waals surface area contributed by atoms with E-state index in [9.17, 15) is 19.7 Å². The third-order valence-electron chi connectivity index (χ3n) is 5.27. The van der Waals surface area contributed by atoms with E-state index in [-0.39, 0.29) is 27.9 Å². The van der Waals surface area contributed by atoms with Crippen LogP contribution in [-0.4, -0.2) is 26.8 Å². The van der Waals surface area contributed by atoms with E-state index >= 15 is 0 Å². The van der Waals surface area contributed by atoms with Crippen LogP contribution in [0.15, 0.2) is 79.4 Å². The molecule has 10 nitrogen and oxygen atoms in total. The summed E-state index contributed by atoms with van der Waals surface area (Å²) in [4.78, 5) is 40.5. The zero-order chi connectivity index (χ0) is 26.3. The average molecular weight is 582 g/mol. The largest absolute Gasteiger partial charge is 0.453 e. The minimum absolute atomic E-state index is 0.00828. The Kier molecular flexibility index (Phi) is 6.32. The van der Waals surface area contributed by atoms with Gasteiger partial charge in [0.05, 0.1) is 22.0 Å². The zero-order valence-corrected chi connectivity index (χ0v) is 21.2. The Bertz CT molecular complexity index is 1830. The predicted octanol–water partition coefficient (Wildman–Crippen LogP) is 5.94. The van der Waals surface area contributed by atoms with E-state index in [1.54, 1.807) is 36.4 Å². The fraction of sp³-hybridized carbons (Fsp3) is 0.0400. The Morgan fingerprint density at radius 3 is 2.76 bits per heavy atom. The summed E-state index contributed by atoms with van der Waals surface area (Å²) in [5.41, 5.74) is -0.0393. The van der Waals surface area contributed by atoms with Crippen molar-refractivity contribution in [3.05, 3.63) is 96.2 Å². The van der Waals surface area contributed by atoms with Gasteiger partial charge in [-0.25, -0.2) is 4.98 Å². The van der Waals surface area contributed by atoms with E-state index < -0.39 is 22.1 Å². The highest BCUT2D eigenvalue weighted by atomic mass is 79.9. The molecule has 0 N–H and O–H groups in total. The van der Waals surface area contributed by atoms with Crippen LogP contribution in [0.4, 0.5) is 5.69 Å². The van der Waals surface area contributed by atoms with Gasteiger partial charge in [-0.15, -0.1) is 0 Å². The first-order valence-corrected chi connectivity index (χ1v) is 11.8. The van der Waals surface area contributed by atoms with Crippen molar-refractivity contribution in [3.8, 4) is 17.3 Å². The SMILES string of the molecule is CC(=O)Oc1c(C=Nn2c(-c3cc4cc(Br)ccc4o3)nc3ccccc3c2=O)cc(Cl)cc1[N+](=O)[O-]. The molecule has 0 bridgehead atoms. The van der Waals surface area contributed by atoms with E-state index in [1.807, 2.05) is 12.1 Å². The number of halogens is 2. The van der Waals surface area contributed by atoms with E-state index in [0.29, 0.717) is 16.5 Å². The van der Waals surface area contributed by atoms with Gasteiger partial charge in [0.15, 0.2) is 5.76 Å². The number of para-hydroxylation sites is 1. The molecule has 0 fully saturated rings. The number of hydrogen-bond donors (Lipinski definition) is 0. The van der Waals surface area contributed by atoms with Crippen molar-refractivity contribution in [2.24, 2.45) is 5.10 Å². The third kappa shape index (κ3) is 4.74. The summed E-state index contributed by atoms with van der Waals surface area (Å²) < 4.78 is 12.9. The highest BCUT2D eigenvalue weighted by Crippen LogP contribution is 2.34. The number of benzene rings is 3. The highest BCUT2D eigenvalue weighted by Gasteiger charge is 2.23. The molecule has 2 aromatic heterocycles. The molecule has 0 amide bonds. The van der Waals surface area contributed by atoms with E-state index in [4.69, 9.17) is 20.8 Å². The Morgan fingerprint density at radius 1 is 1.22 bits per heavy atom. The van der Waals surface area contributed by atoms with Gasteiger partial charge in [0.2, 0.25) is 11.6 Å². The molecule has 0 spiro atoms. The van der Waals surface area contributed by atoms with Crippen LogP contribution in [0, 0.1) is 10.1 Å². The van der Waals surface area contributed by atoms with Crippen molar-refractivity contribution in [1.29, 1.82) is 0 Å². The van der Waals surface area contributed by atoms with Gasteiger partial charge in [0.1, 0.15) is 5.58 Å². The van der Waals surface area contributed by atoms with Gasteiger partial charge in [-0.05, 0) is 42.5 Å². The van der Waals surface area contributed by atoms with Crippen LogP contribution in [0.5, 0.6) is 5.75 Å². The number of esters is 1. The van der Waals surface area contributed by atoms with Gasteiger partial charge < -0.3 is 9.15 Å². The fourth-order valence-electron chi connectivity index (χ4n) is 3.72. The number of fused-ring (bicyclic) bond motifs is 2. The fourth-order valence-corrected chi connectivity index (χ4v) is 4.32. The van der Waals surface area contributed by atoms with Gasteiger partial charge in [-0.1, -0.05) is 39.7 Å². The number of rotatable bonds is 5. The molecular formula is C25H14BrClN4O6. The summed E-state index contributed by atoms with van der Waals surface area (Å²) in [5, 5.41) is 16.9. The molecule has 0 unspecified atom stereocenters. The summed E-state index contributed by atoms with van der Waals surface area (Å²) in [6.45, 7) is 1.11. The minimum Gasteiger partial charge on any atom is -0.453 e. The molecule has 0 aliphatic rings. The number of carbonyl (C=O) groups excluding carboxylic acids is 1. The number of ether oxygens (including phenoxy) is 1. The number of furan rings is 1. The number of hydrogen-bond acceptors (Lipinski definition) is 8. The molecule has 0 aliphatic heterocycles. The lowest BCUT2D eigenvalue weighted by Crippen LogP contribution is -2.20. The Labute approximate surface area is 221 Å². The maximum Gasteiger partial charge on any atom is 0.313 e. The molecule has 37 heavy (non-hydrogen) atoms. The molecule has 184 valence electrons. The first-order valence-electron chi connectivity index (χ1n) is 10.6. The van der Waals surface area contributed by atoms with Crippen LogP contribution in [0.1, 0.15) is 12.5 Å². The van der Waals surface area contributed by atoms with Gasteiger partial charge in [0, 0.05) is 33.4 Å². The van der Waals surface area contributed by atoms with Crippen LogP contribution < -0.4 is 10.3 Å². The number of nitro benzene ring substituents is 1. The number of aromatic nitrogens is 2. The molecule has 0 radical (unpaired) electrons. The van der Waals surface area contributed by atoms with Gasteiger partial charge in [-0.2, -0.15) is 9.78 Å². The lowest BCUT2D eigenvalue weighted by atomic mass is 10.2. The Balaban J connectivity index is 1.75. The minimum atomic E-state index is -0.779. The summed E-state index contributed by atoms with van der Waals surface area (Å²) in [6.07, 6.45) is 1.14. The van der Waals surface area contributed by atoms with Crippen molar-refractivity contribution in [2.75, 3.05) is 0 Å². The molecule has 0 aliphatic carbocycles. The van der Waals surface area contributed by atoms with Crippen LogP contribution in [0.25, 0.3) is 33.5 Å². The quantitative estimate of drug-likeness (QED) is 0.0825. The third-order valence-corrected chi connectivity index (χ3v) is 5.98. The van der Waals surface area contributed by atoms with Crippen molar-refractivity contribution in [3.63, 3.8) is 0 Å². The predicted molar refractivity (Wildman–Crippen MR) is 141 cm³/mol. The second-order valence-corrected chi connectivity index (χ2v) is 9.15. The summed E-state index contributed by atoms with van der Waals surface area (Å²) in [6, 6.07) is 16.3. The molecule has 5 rings (SSSR count). The van der Waals surface area contributed by atoms with E-state index in [2.05, 4.69) is 26.0 Å². The molecule has 2 heterocycles. The number of nitrogens with zero attached hydrogens (tertiary/aromatic N) is 4. The zero-order valence-electron chi connectivity index (χ0n) is 18.8. The van der Waals surface area contributed by atoms with Gasteiger partial charge >= 0.3 is 11.7 Å². The molecule has 12 heteroatoms. The molecule has 0 saturated carbocycles. The number of nitro groups is 1. The first kappa shape index (κ1) is 24.3. The normalized spacial score (nSPS) is 11.4. The Hall–Kier alpha value is -4.35. The second kappa shape index (κ2) is 9.60. The maximum absolute atomic E-state index is 13.5. The van der Waals surface area contributed by atoms with E-state index in [1.165, 1.54) is 6.07 Å². The van der Waals surface area contributed by atoms with Crippen LogP contribution in [0.2, 0.25) is 5.02 Å². The molecule has 0 atom stereocenters. The van der Waals surface area contributed by atoms with Gasteiger partial charge in [0.25, 0.3) is 5.56 Å². The van der Waals surface area contributed by atoms with Crippen LogP contribution >= 0.6 is 27.5 Å². The molecule has 0 saturated heterocycles.